The lowest BCUT2D eigenvalue weighted by Crippen LogP contribution is -2.01. The van der Waals surface area contributed by atoms with Crippen molar-refractivity contribution < 1.29 is 5.11 Å². The molecule has 2 heteroatoms. The standard InChI is InChI=1S/C16H19NO/c1-12-5-3-4-6-15(12)11-17-16-9-7-14(8-10-16)13(2)18/h3-10,13,17-18H,11H2,1-2H3. The predicted octanol–water partition coefficient (Wildman–Crippen LogP) is 3.66. The van der Waals surface area contributed by atoms with Crippen LogP contribution in [0.3, 0.4) is 0 Å². The molecule has 18 heavy (non-hydrogen) atoms. The fourth-order valence-electron chi connectivity index (χ4n) is 1.89. The molecule has 2 N–H and O–H groups in total. The summed E-state index contributed by atoms with van der Waals surface area (Å²) >= 11 is 0. The van der Waals surface area contributed by atoms with Crippen LogP contribution in [-0.2, 0) is 6.54 Å². The third-order valence-corrected chi connectivity index (χ3v) is 3.14. The van der Waals surface area contributed by atoms with E-state index in [1.165, 1.54) is 11.1 Å². The summed E-state index contributed by atoms with van der Waals surface area (Å²) in [6.45, 7) is 4.71. The number of aliphatic hydroxyl groups excluding tert-OH is 1. The van der Waals surface area contributed by atoms with Crippen molar-refractivity contribution in [2.24, 2.45) is 0 Å². The quantitative estimate of drug-likeness (QED) is 0.856. The second-order valence-corrected chi connectivity index (χ2v) is 4.58. The molecule has 0 aliphatic heterocycles. The Balaban J connectivity index is 2.00. The monoisotopic (exact) mass is 241 g/mol. The molecule has 1 unspecified atom stereocenters. The Kier molecular flexibility index (Phi) is 4.00. The molecule has 0 aliphatic rings. The van der Waals surface area contributed by atoms with Crippen LogP contribution in [0.2, 0.25) is 0 Å². The molecule has 0 fully saturated rings. The number of hydrogen-bond donors (Lipinski definition) is 2. The van der Waals surface area contributed by atoms with Gasteiger partial charge in [0.15, 0.2) is 0 Å². The number of aryl methyl sites for hydroxylation is 1. The molecule has 2 aromatic rings. The van der Waals surface area contributed by atoms with Gasteiger partial charge in [0.05, 0.1) is 6.10 Å². The molecule has 0 bridgehead atoms. The zero-order valence-corrected chi connectivity index (χ0v) is 10.9. The molecule has 94 valence electrons. The van der Waals surface area contributed by atoms with Crippen molar-refractivity contribution in [2.75, 3.05) is 5.32 Å². The highest BCUT2D eigenvalue weighted by Gasteiger charge is 2.00. The Morgan fingerprint density at radius 1 is 1.06 bits per heavy atom. The third-order valence-electron chi connectivity index (χ3n) is 3.14. The van der Waals surface area contributed by atoms with Crippen molar-refractivity contribution >= 4 is 5.69 Å². The van der Waals surface area contributed by atoms with Gasteiger partial charge in [-0.25, -0.2) is 0 Å². The molecule has 0 saturated heterocycles. The minimum Gasteiger partial charge on any atom is -0.389 e. The Bertz CT molecular complexity index is 503. The Morgan fingerprint density at radius 3 is 2.33 bits per heavy atom. The van der Waals surface area contributed by atoms with Crippen molar-refractivity contribution in [3.05, 3.63) is 65.2 Å². The molecule has 0 amide bonds. The maximum atomic E-state index is 9.44. The molecule has 0 radical (unpaired) electrons. The number of nitrogens with one attached hydrogen (secondary N) is 1. The first kappa shape index (κ1) is 12.7. The second kappa shape index (κ2) is 5.69. The fraction of sp³-hybridized carbons (Fsp3) is 0.250. The Morgan fingerprint density at radius 2 is 1.72 bits per heavy atom. The molecule has 2 aromatic carbocycles. The lowest BCUT2D eigenvalue weighted by atomic mass is 10.1. The third kappa shape index (κ3) is 3.11. The van der Waals surface area contributed by atoms with Gasteiger partial charge in [-0.2, -0.15) is 0 Å². The maximum absolute atomic E-state index is 9.44. The fourth-order valence-corrected chi connectivity index (χ4v) is 1.89. The lowest BCUT2D eigenvalue weighted by molar-refractivity contribution is 0.199. The number of hydrogen-bond acceptors (Lipinski definition) is 2. The lowest BCUT2D eigenvalue weighted by Gasteiger charge is -2.10. The van der Waals surface area contributed by atoms with E-state index in [2.05, 4.69) is 36.5 Å². The van der Waals surface area contributed by atoms with E-state index >= 15 is 0 Å². The van der Waals surface area contributed by atoms with E-state index in [9.17, 15) is 5.11 Å². The molecule has 0 spiro atoms. The SMILES string of the molecule is Cc1ccccc1CNc1ccc(C(C)O)cc1. The average molecular weight is 241 g/mol. The normalized spacial score (nSPS) is 12.2. The van der Waals surface area contributed by atoms with Crippen LogP contribution in [0.4, 0.5) is 5.69 Å². The first-order valence-electron chi connectivity index (χ1n) is 6.23. The number of benzene rings is 2. The maximum Gasteiger partial charge on any atom is 0.0761 e. The van der Waals surface area contributed by atoms with E-state index in [1.54, 1.807) is 6.92 Å². The van der Waals surface area contributed by atoms with Gasteiger partial charge in [-0.1, -0.05) is 36.4 Å². The number of anilines is 1. The summed E-state index contributed by atoms with van der Waals surface area (Å²) in [6, 6.07) is 16.3. The largest absolute Gasteiger partial charge is 0.389 e. The second-order valence-electron chi connectivity index (χ2n) is 4.58. The number of rotatable bonds is 4. The van der Waals surface area contributed by atoms with E-state index in [1.807, 2.05) is 24.3 Å². The van der Waals surface area contributed by atoms with Crippen LogP contribution in [0.5, 0.6) is 0 Å². The van der Waals surface area contributed by atoms with E-state index in [0.717, 1.165) is 17.8 Å². The van der Waals surface area contributed by atoms with Crippen molar-refractivity contribution in [1.82, 2.24) is 0 Å². The van der Waals surface area contributed by atoms with E-state index < -0.39 is 6.10 Å². The molecule has 2 rings (SSSR count). The molecule has 1 atom stereocenters. The zero-order valence-electron chi connectivity index (χ0n) is 10.9. The first-order valence-corrected chi connectivity index (χ1v) is 6.23. The van der Waals surface area contributed by atoms with Gasteiger partial charge < -0.3 is 10.4 Å². The van der Waals surface area contributed by atoms with Gasteiger partial charge in [-0.3, -0.25) is 0 Å². The van der Waals surface area contributed by atoms with Crippen molar-refractivity contribution in [2.45, 2.75) is 26.5 Å². The summed E-state index contributed by atoms with van der Waals surface area (Å²) < 4.78 is 0. The molecule has 0 heterocycles. The van der Waals surface area contributed by atoms with Gasteiger partial charge in [0.25, 0.3) is 0 Å². The van der Waals surface area contributed by atoms with E-state index in [4.69, 9.17) is 0 Å². The summed E-state index contributed by atoms with van der Waals surface area (Å²) in [5, 5.41) is 12.8. The van der Waals surface area contributed by atoms with Crippen LogP contribution in [0.25, 0.3) is 0 Å². The van der Waals surface area contributed by atoms with Crippen LogP contribution < -0.4 is 5.32 Å². The summed E-state index contributed by atoms with van der Waals surface area (Å²) in [5.41, 5.74) is 4.61. The van der Waals surface area contributed by atoms with Gasteiger partial charge >= 0.3 is 0 Å². The summed E-state index contributed by atoms with van der Waals surface area (Å²) in [5.74, 6) is 0. The van der Waals surface area contributed by atoms with Gasteiger partial charge in [-0.15, -0.1) is 0 Å². The minimum absolute atomic E-state index is 0.407. The van der Waals surface area contributed by atoms with E-state index in [-0.39, 0.29) is 0 Å². The van der Waals surface area contributed by atoms with Crippen LogP contribution in [0.15, 0.2) is 48.5 Å². The highest BCUT2D eigenvalue weighted by Crippen LogP contribution is 2.16. The highest BCUT2D eigenvalue weighted by atomic mass is 16.3. The Hall–Kier alpha value is -1.80. The molecule has 0 aromatic heterocycles. The van der Waals surface area contributed by atoms with Crippen LogP contribution >= 0.6 is 0 Å². The van der Waals surface area contributed by atoms with Crippen LogP contribution in [0, 0.1) is 6.92 Å². The van der Waals surface area contributed by atoms with Gasteiger partial charge in [0.2, 0.25) is 0 Å². The summed E-state index contributed by atoms with van der Waals surface area (Å²) in [7, 11) is 0. The van der Waals surface area contributed by atoms with Crippen LogP contribution in [0.1, 0.15) is 29.7 Å². The minimum atomic E-state index is -0.407. The smallest absolute Gasteiger partial charge is 0.0761 e. The van der Waals surface area contributed by atoms with Gasteiger partial charge in [-0.05, 0) is 42.7 Å². The molecular formula is C16H19NO. The van der Waals surface area contributed by atoms with Crippen molar-refractivity contribution in [3.63, 3.8) is 0 Å². The molecule has 0 aliphatic carbocycles. The average Bonchev–Trinajstić information content (AvgIpc) is 2.38. The predicted molar refractivity (Wildman–Crippen MR) is 75.6 cm³/mol. The van der Waals surface area contributed by atoms with Gasteiger partial charge in [0, 0.05) is 12.2 Å². The van der Waals surface area contributed by atoms with Crippen molar-refractivity contribution in [1.29, 1.82) is 0 Å². The molecule has 0 saturated carbocycles. The van der Waals surface area contributed by atoms with Gasteiger partial charge in [0.1, 0.15) is 0 Å². The number of aliphatic hydroxyl groups is 1. The summed E-state index contributed by atoms with van der Waals surface area (Å²) in [4.78, 5) is 0. The van der Waals surface area contributed by atoms with Crippen LogP contribution in [-0.4, -0.2) is 5.11 Å². The van der Waals surface area contributed by atoms with Crippen molar-refractivity contribution in [3.8, 4) is 0 Å². The van der Waals surface area contributed by atoms with E-state index in [0.29, 0.717) is 0 Å². The zero-order chi connectivity index (χ0) is 13.0. The molecular weight excluding hydrogens is 222 g/mol. The molecule has 2 nitrogen and oxygen atoms in total. The Labute approximate surface area is 108 Å². The topological polar surface area (TPSA) is 32.3 Å². The highest BCUT2D eigenvalue weighted by molar-refractivity contribution is 5.46. The summed E-state index contributed by atoms with van der Waals surface area (Å²) in [6.07, 6.45) is -0.407. The first-order chi connectivity index (χ1) is 8.66.